The molecule has 1 aliphatic heterocycles. The van der Waals surface area contributed by atoms with Gasteiger partial charge in [-0.3, -0.25) is 19.8 Å². The molecule has 0 spiro atoms. The molecule has 2 amide bonds. The number of thiocarbonyl (C=S) groups is 1. The highest BCUT2D eigenvalue weighted by atomic mass is 32.1. The Labute approximate surface area is 208 Å². The highest BCUT2D eigenvalue weighted by molar-refractivity contribution is 7.80. The number of nitrogens with one attached hydrogen (secondary N) is 1. The summed E-state index contributed by atoms with van der Waals surface area (Å²) in [5.74, 6) is 0.696. The first kappa shape index (κ1) is 24.0. The third-order valence-corrected chi connectivity index (χ3v) is 5.53. The molecule has 1 N–H and O–H groups in total. The number of nitrogens with zero attached hydrogens (tertiary/aromatic N) is 1. The second kappa shape index (κ2) is 10.8. The minimum atomic E-state index is -0.555. The number of aryl methyl sites for hydroxylation is 1. The molecule has 178 valence electrons. The van der Waals surface area contributed by atoms with Gasteiger partial charge in [0.2, 0.25) is 0 Å². The Balaban J connectivity index is 1.49. The molecule has 8 heteroatoms. The summed E-state index contributed by atoms with van der Waals surface area (Å²) in [6, 6.07) is 21.9. The molecule has 0 atom stereocenters. The second-order valence-corrected chi connectivity index (χ2v) is 8.10. The highest BCUT2D eigenvalue weighted by Crippen LogP contribution is 2.30. The predicted octanol–water partition coefficient (Wildman–Crippen LogP) is 4.29. The van der Waals surface area contributed by atoms with Crippen molar-refractivity contribution in [2.24, 2.45) is 0 Å². The topological polar surface area (TPSA) is 77.1 Å². The van der Waals surface area contributed by atoms with Crippen molar-refractivity contribution in [3.8, 4) is 17.2 Å². The van der Waals surface area contributed by atoms with Gasteiger partial charge in [-0.2, -0.15) is 0 Å². The molecule has 0 saturated carbocycles. The Morgan fingerprint density at radius 2 is 1.63 bits per heavy atom. The second-order valence-electron chi connectivity index (χ2n) is 7.71. The summed E-state index contributed by atoms with van der Waals surface area (Å²) in [6.45, 7) is 2.63. The van der Waals surface area contributed by atoms with Crippen LogP contribution >= 0.6 is 12.2 Å². The van der Waals surface area contributed by atoms with Gasteiger partial charge in [0.15, 0.2) is 16.6 Å². The van der Waals surface area contributed by atoms with E-state index in [0.717, 1.165) is 11.3 Å². The van der Waals surface area contributed by atoms with Gasteiger partial charge in [0.05, 0.1) is 12.8 Å². The van der Waals surface area contributed by atoms with E-state index in [2.05, 4.69) is 5.32 Å². The predicted molar refractivity (Wildman–Crippen MR) is 138 cm³/mol. The smallest absolute Gasteiger partial charge is 0.270 e. The van der Waals surface area contributed by atoms with Crippen molar-refractivity contribution in [2.75, 3.05) is 25.2 Å². The molecule has 0 aromatic heterocycles. The Bertz CT molecular complexity index is 1270. The summed E-state index contributed by atoms with van der Waals surface area (Å²) in [4.78, 5) is 27.1. The largest absolute Gasteiger partial charge is 0.493 e. The number of para-hydroxylation sites is 1. The number of ether oxygens (including phenoxy) is 3. The first-order valence-electron chi connectivity index (χ1n) is 10.9. The van der Waals surface area contributed by atoms with E-state index in [0.29, 0.717) is 36.0 Å². The normalized spacial score (nSPS) is 14.6. The number of amides is 2. The fraction of sp³-hybridized carbons (Fsp3) is 0.148. The van der Waals surface area contributed by atoms with Gasteiger partial charge in [-0.1, -0.05) is 42.0 Å². The van der Waals surface area contributed by atoms with Gasteiger partial charge in [-0.15, -0.1) is 0 Å². The maximum atomic E-state index is 13.2. The lowest BCUT2D eigenvalue weighted by atomic mass is 10.1. The van der Waals surface area contributed by atoms with Gasteiger partial charge in [0.25, 0.3) is 11.8 Å². The maximum absolute atomic E-state index is 13.2. The van der Waals surface area contributed by atoms with Crippen molar-refractivity contribution in [1.82, 2.24) is 5.32 Å². The molecule has 3 aromatic carbocycles. The Hall–Kier alpha value is -4.17. The van der Waals surface area contributed by atoms with E-state index in [4.69, 9.17) is 26.4 Å². The molecule has 0 radical (unpaired) electrons. The monoisotopic (exact) mass is 488 g/mol. The van der Waals surface area contributed by atoms with Crippen LogP contribution in [0.1, 0.15) is 11.1 Å². The molecular weight excluding hydrogens is 464 g/mol. The van der Waals surface area contributed by atoms with Crippen LogP contribution in [-0.2, 0) is 9.59 Å². The molecule has 1 saturated heterocycles. The first-order chi connectivity index (χ1) is 17.0. The number of benzene rings is 3. The number of carbonyl (C=O) groups excluding carboxylic acids is 2. The van der Waals surface area contributed by atoms with E-state index < -0.39 is 11.8 Å². The number of carbonyl (C=O) groups is 2. The zero-order valence-electron chi connectivity index (χ0n) is 19.3. The summed E-state index contributed by atoms with van der Waals surface area (Å²) in [5, 5.41) is 2.63. The maximum Gasteiger partial charge on any atom is 0.270 e. The van der Waals surface area contributed by atoms with Crippen LogP contribution < -0.4 is 24.4 Å². The summed E-state index contributed by atoms with van der Waals surface area (Å²) < 4.78 is 16.9. The van der Waals surface area contributed by atoms with Gasteiger partial charge in [-0.25, -0.2) is 0 Å². The molecule has 1 heterocycles. The minimum Gasteiger partial charge on any atom is -0.493 e. The van der Waals surface area contributed by atoms with Crippen molar-refractivity contribution in [1.29, 1.82) is 0 Å². The molecule has 0 bridgehead atoms. The van der Waals surface area contributed by atoms with E-state index in [9.17, 15) is 9.59 Å². The average molecular weight is 489 g/mol. The molecule has 1 fully saturated rings. The highest BCUT2D eigenvalue weighted by Gasteiger charge is 2.34. The molecule has 0 unspecified atom stereocenters. The van der Waals surface area contributed by atoms with Crippen LogP contribution in [0.2, 0.25) is 0 Å². The van der Waals surface area contributed by atoms with Crippen LogP contribution in [0, 0.1) is 6.92 Å². The third kappa shape index (κ3) is 5.67. The Kier molecular flexibility index (Phi) is 7.42. The summed E-state index contributed by atoms with van der Waals surface area (Å²) >= 11 is 5.25. The van der Waals surface area contributed by atoms with Crippen LogP contribution in [0.5, 0.6) is 17.2 Å². The number of anilines is 1. The molecule has 3 aromatic rings. The lowest BCUT2D eigenvalue weighted by molar-refractivity contribution is -0.122. The van der Waals surface area contributed by atoms with Gasteiger partial charge in [0, 0.05) is 0 Å². The van der Waals surface area contributed by atoms with Crippen LogP contribution in [0.4, 0.5) is 5.69 Å². The van der Waals surface area contributed by atoms with Crippen LogP contribution in [0.15, 0.2) is 78.4 Å². The number of hydrogen-bond acceptors (Lipinski definition) is 6. The van der Waals surface area contributed by atoms with E-state index in [-0.39, 0.29) is 10.7 Å². The zero-order chi connectivity index (χ0) is 24.8. The van der Waals surface area contributed by atoms with E-state index in [1.54, 1.807) is 30.3 Å². The van der Waals surface area contributed by atoms with Crippen molar-refractivity contribution in [3.05, 3.63) is 89.5 Å². The molecule has 1 aliphatic rings. The van der Waals surface area contributed by atoms with Gasteiger partial charge in [-0.05, 0) is 67.2 Å². The van der Waals surface area contributed by atoms with E-state index in [1.165, 1.54) is 18.1 Å². The van der Waals surface area contributed by atoms with Crippen LogP contribution in [0.25, 0.3) is 6.08 Å². The summed E-state index contributed by atoms with van der Waals surface area (Å²) in [7, 11) is 1.52. The van der Waals surface area contributed by atoms with Gasteiger partial charge < -0.3 is 14.2 Å². The average Bonchev–Trinajstić information content (AvgIpc) is 2.86. The lowest BCUT2D eigenvalue weighted by Gasteiger charge is -2.29. The van der Waals surface area contributed by atoms with Crippen molar-refractivity contribution in [2.45, 2.75) is 6.92 Å². The lowest BCUT2D eigenvalue weighted by Crippen LogP contribution is -2.54. The zero-order valence-corrected chi connectivity index (χ0v) is 20.1. The van der Waals surface area contributed by atoms with Crippen molar-refractivity contribution in [3.63, 3.8) is 0 Å². The first-order valence-corrected chi connectivity index (χ1v) is 11.3. The Morgan fingerprint density at radius 1 is 0.914 bits per heavy atom. The number of methoxy groups -OCH3 is 1. The summed E-state index contributed by atoms with van der Waals surface area (Å²) in [5.41, 5.74) is 2.19. The molecule has 7 nitrogen and oxygen atoms in total. The fourth-order valence-corrected chi connectivity index (χ4v) is 3.75. The SMILES string of the molecule is COc1cc(/C=C2\C(=O)NC(=S)N(c3ccc(C)cc3)C2=O)ccc1OCCOc1ccccc1. The quantitative estimate of drug-likeness (QED) is 0.221. The standard InChI is InChI=1S/C27H24N2O5S/c1-18-8-11-20(12-9-18)29-26(31)22(25(30)28-27(29)35)16-19-10-13-23(24(17-19)32-2)34-15-14-33-21-6-4-3-5-7-21/h3-13,16-17H,14-15H2,1-2H3,(H,28,30,35)/b22-16+. The number of rotatable bonds is 8. The van der Waals surface area contributed by atoms with Crippen LogP contribution in [0.3, 0.4) is 0 Å². The van der Waals surface area contributed by atoms with Crippen molar-refractivity contribution >= 4 is 40.9 Å². The fourth-order valence-electron chi connectivity index (χ4n) is 3.47. The van der Waals surface area contributed by atoms with Gasteiger partial charge >= 0.3 is 0 Å². The minimum absolute atomic E-state index is 0.0360. The molecule has 4 rings (SSSR count). The molecule has 0 aliphatic carbocycles. The summed E-state index contributed by atoms with van der Waals surface area (Å²) in [6.07, 6.45) is 1.51. The number of hydrogen-bond donors (Lipinski definition) is 1. The Morgan fingerprint density at radius 3 is 2.34 bits per heavy atom. The van der Waals surface area contributed by atoms with Gasteiger partial charge in [0.1, 0.15) is 24.5 Å². The van der Waals surface area contributed by atoms with E-state index >= 15 is 0 Å². The third-order valence-electron chi connectivity index (χ3n) is 5.25. The molecule has 35 heavy (non-hydrogen) atoms. The van der Waals surface area contributed by atoms with E-state index in [1.807, 2.05) is 49.4 Å². The van der Waals surface area contributed by atoms with Crippen molar-refractivity contribution < 1.29 is 23.8 Å². The molecular formula is C27H24N2O5S. The van der Waals surface area contributed by atoms with Crippen LogP contribution in [-0.4, -0.2) is 37.3 Å².